The van der Waals surface area contributed by atoms with Gasteiger partial charge in [-0.3, -0.25) is 14.5 Å². The highest BCUT2D eigenvalue weighted by atomic mass is 35.5. The van der Waals surface area contributed by atoms with Gasteiger partial charge in [-0.25, -0.2) is 0 Å². The predicted molar refractivity (Wildman–Crippen MR) is 136 cm³/mol. The largest absolute Gasteiger partial charge is 0.468 e. The molecule has 0 saturated carbocycles. The van der Waals surface area contributed by atoms with Crippen molar-refractivity contribution in [1.29, 1.82) is 5.26 Å². The Labute approximate surface area is 220 Å². The van der Waals surface area contributed by atoms with Crippen LogP contribution < -0.4 is 10.6 Å². The summed E-state index contributed by atoms with van der Waals surface area (Å²) in [5.74, 6) is -0.996. The lowest BCUT2D eigenvalue weighted by molar-refractivity contribution is -0.137. The van der Waals surface area contributed by atoms with Crippen LogP contribution in [0.2, 0.25) is 10.0 Å². The van der Waals surface area contributed by atoms with Crippen LogP contribution in [-0.4, -0.2) is 34.8 Å². The Hall–Kier alpha value is -2.58. The fourth-order valence-electron chi connectivity index (χ4n) is 4.31. The first-order chi connectivity index (χ1) is 16.6. The molecule has 0 radical (unpaired) electrons. The highest BCUT2D eigenvalue weighted by Crippen LogP contribution is 2.52. The summed E-state index contributed by atoms with van der Waals surface area (Å²) in [6.45, 7) is 4.01. The molecule has 4 rings (SSSR count). The molecule has 182 valence electrons. The maximum Gasteiger partial charge on any atom is 0.316 e. The molecule has 2 heterocycles. The Bertz CT molecular complexity index is 1330. The number of carbonyl (C=O) groups excluding carboxylic acids is 2. The van der Waals surface area contributed by atoms with E-state index < -0.39 is 5.92 Å². The summed E-state index contributed by atoms with van der Waals surface area (Å²) < 4.78 is 5.20. The quantitative estimate of drug-likeness (QED) is 0.402. The number of thioether (sulfide) groups is 1. The van der Waals surface area contributed by atoms with Gasteiger partial charge in [0.25, 0.3) is 0 Å². The smallest absolute Gasteiger partial charge is 0.316 e. The minimum Gasteiger partial charge on any atom is -0.468 e. The number of allylic oxidation sites excluding steroid dienone is 3. The second kappa shape index (κ2) is 9.82. The van der Waals surface area contributed by atoms with Gasteiger partial charge in [0, 0.05) is 17.7 Å². The number of methoxy groups -OCH3 is 1. The first-order valence-corrected chi connectivity index (χ1v) is 13.1. The number of halogens is 2. The number of anilines is 1. The molecule has 1 atom stereocenters. The number of hydrogen-bond acceptors (Lipinski definition) is 10. The lowest BCUT2D eigenvalue weighted by Gasteiger charge is -2.42. The Morgan fingerprint density at radius 1 is 1.37 bits per heavy atom. The van der Waals surface area contributed by atoms with Crippen LogP contribution in [0.5, 0.6) is 0 Å². The molecule has 12 heteroatoms. The van der Waals surface area contributed by atoms with Gasteiger partial charge in [0.15, 0.2) is 10.1 Å². The molecule has 1 unspecified atom stereocenters. The minimum absolute atomic E-state index is 0.0781. The zero-order valence-electron chi connectivity index (χ0n) is 19.1. The third-order valence-electron chi connectivity index (χ3n) is 5.80. The summed E-state index contributed by atoms with van der Waals surface area (Å²) in [4.78, 5) is 26.7. The van der Waals surface area contributed by atoms with Gasteiger partial charge in [-0.05, 0) is 23.5 Å². The zero-order valence-corrected chi connectivity index (χ0v) is 22.2. The number of esters is 1. The lowest BCUT2D eigenvalue weighted by atomic mass is 9.68. The molecular formula is C23H21Cl2N5O3S2. The van der Waals surface area contributed by atoms with Crippen LogP contribution in [0.25, 0.3) is 0 Å². The number of hydrogen-bond donors (Lipinski definition) is 1. The molecule has 1 aromatic carbocycles. The average Bonchev–Trinajstić information content (AvgIpc) is 3.26. The number of nitrogens with two attached hydrogens (primary N) is 1. The summed E-state index contributed by atoms with van der Waals surface area (Å²) >= 11 is 15.2. The number of nitrogens with zero attached hydrogens (tertiary/aromatic N) is 4. The van der Waals surface area contributed by atoms with Crippen molar-refractivity contribution in [3.63, 3.8) is 0 Å². The van der Waals surface area contributed by atoms with Crippen molar-refractivity contribution in [3.8, 4) is 6.07 Å². The minimum atomic E-state index is -0.748. The van der Waals surface area contributed by atoms with E-state index in [0.29, 0.717) is 44.2 Å². The number of aromatic nitrogens is 2. The van der Waals surface area contributed by atoms with Crippen molar-refractivity contribution in [2.75, 3.05) is 17.8 Å². The van der Waals surface area contributed by atoms with E-state index in [1.807, 2.05) is 13.8 Å². The summed E-state index contributed by atoms with van der Waals surface area (Å²) in [6, 6.07) is 7.33. The van der Waals surface area contributed by atoms with Crippen LogP contribution in [0.15, 0.2) is 45.2 Å². The van der Waals surface area contributed by atoms with Gasteiger partial charge in [-0.15, -0.1) is 10.2 Å². The van der Waals surface area contributed by atoms with Crippen molar-refractivity contribution in [1.82, 2.24) is 10.2 Å². The number of rotatable bonds is 5. The van der Waals surface area contributed by atoms with E-state index in [-0.39, 0.29) is 39.3 Å². The van der Waals surface area contributed by atoms with E-state index >= 15 is 0 Å². The third-order valence-corrected chi connectivity index (χ3v) is 8.65. The third kappa shape index (κ3) is 4.78. The molecule has 0 saturated heterocycles. The van der Waals surface area contributed by atoms with Crippen molar-refractivity contribution in [3.05, 3.63) is 56.5 Å². The Morgan fingerprint density at radius 3 is 2.80 bits per heavy atom. The van der Waals surface area contributed by atoms with Crippen molar-refractivity contribution < 1.29 is 14.3 Å². The van der Waals surface area contributed by atoms with E-state index in [1.165, 1.54) is 30.2 Å². The Kier molecular flexibility index (Phi) is 7.16. The van der Waals surface area contributed by atoms with Crippen LogP contribution in [0.1, 0.15) is 38.2 Å². The molecule has 0 fully saturated rings. The normalized spacial score (nSPS) is 19.5. The highest BCUT2D eigenvalue weighted by molar-refractivity contribution is 8.01. The maximum absolute atomic E-state index is 13.6. The number of ether oxygens (including phenoxy) is 1. The fraction of sp³-hybridized carbons (Fsp3) is 0.348. The molecule has 0 bridgehead atoms. The predicted octanol–water partition coefficient (Wildman–Crippen LogP) is 5.05. The molecule has 0 spiro atoms. The number of carbonyl (C=O) groups is 2. The molecule has 1 aromatic heterocycles. The van der Waals surface area contributed by atoms with Crippen LogP contribution in [0, 0.1) is 16.7 Å². The van der Waals surface area contributed by atoms with Gasteiger partial charge in [0.05, 0.1) is 40.5 Å². The van der Waals surface area contributed by atoms with Gasteiger partial charge < -0.3 is 10.5 Å². The monoisotopic (exact) mass is 549 g/mol. The summed E-state index contributed by atoms with van der Waals surface area (Å²) in [7, 11) is 1.31. The van der Waals surface area contributed by atoms with Crippen molar-refractivity contribution >= 4 is 63.2 Å². The molecule has 35 heavy (non-hydrogen) atoms. The highest BCUT2D eigenvalue weighted by Gasteiger charge is 2.46. The van der Waals surface area contributed by atoms with Gasteiger partial charge in [0.2, 0.25) is 5.13 Å². The van der Waals surface area contributed by atoms with Crippen LogP contribution in [0.4, 0.5) is 5.13 Å². The fourth-order valence-corrected chi connectivity index (χ4v) is 6.44. The molecule has 2 aromatic rings. The topological polar surface area (TPSA) is 122 Å². The SMILES string of the molecule is COC(=O)CSc1nnc(N2C(N)=C(C#N)C(c3cccc(Cl)c3Cl)C3=C2CC(C)(C)CC3=O)s1. The Balaban J connectivity index is 1.88. The van der Waals surface area contributed by atoms with Crippen molar-refractivity contribution in [2.24, 2.45) is 11.1 Å². The molecular weight excluding hydrogens is 529 g/mol. The molecule has 2 N–H and O–H groups in total. The number of benzene rings is 1. The molecule has 1 aliphatic heterocycles. The molecule has 1 aliphatic carbocycles. The second-order valence-electron chi connectivity index (χ2n) is 8.84. The van der Waals surface area contributed by atoms with Gasteiger partial charge in [0.1, 0.15) is 5.82 Å². The molecule has 8 nitrogen and oxygen atoms in total. The van der Waals surface area contributed by atoms with Gasteiger partial charge in [-0.1, -0.05) is 72.3 Å². The van der Waals surface area contributed by atoms with Crippen LogP contribution >= 0.6 is 46.3 Å². The lowest BCUT2D eigenvalue weighted by Crippen LogP contribution is -2.42. The van der Waals surface area contributed by atoms with E-state index in [2.05, 4.69) is 21.0 Å². The molecule has 0 amide bonds. The van der Waals surface area contributed by atoms with Crippen LogP contribution in [-0.2, 0) is 14.3 Å². The standard InChI is InChI=1S/C23H21Cl2N5O3S2/c1-23(2)7-14-18(15(31)8-23)17(11-5-4-6-13(24)19(11)25)12(9-26)20(27)30(14)21-28-29-22(35-21)34-10-16(32)33-3/h4-6,17H,7-8,10,27H2,1-3H3. The van der Waals surface area contributed by atoms with E-state index in [1.54, 1.807) is 23.1 Å². The summed E-state index contributed by atoms with van der Waals surface area (Å²) in [5.41, 5.74) is 8.10. The van der Waals surface area contributed by atoms with Crippen molar-refractivity contribution in [2.45, 2.75) is 36.9 Å². The first kappa shape index (κ1) is 25.5. The average molecular weight is 550 g/mol. The van der Waals surface area contributed by atoms with Gasteiger partial charge >= 0.3 is 5.97 Å². The summed E-state index contributed by atoms with van der Waals surface area (Å²) in [6.07, 6.45) is 0.829. The van der Waals surface area contributed by atoms with E-state index in [4.69, 9.17) is 28.9 Å². The zero-order chi connectivity index (χ0) is 25.5. The van der Waals surface area contributed by atoms with Crippen LogP contribution in [0.3, 0.4) is 0 Å². The first-order valence-electron chi connectivity index (χ1n) is 10.5. The summed E-state index contributed by atoms with van der Waals surface area (Å²) in [5, 5.41) is 19.6. The number of Topliss-reactive ketones (excluding diaryl/α,β-unsaturated/α-hetero) is 1. The van der Waals surface area contributed by atoms with E-state index in [0.717, 1.165) is 0 Å². The number of ketones is 1. The van der Waals surface area contributed by atoms with Gasteiger partial charge in [-0.2, -0.15) is 5.26 Å². The Morgan fingerprint density at radius 2 is 2.11 bits per heavy atom. The second-order valence-corrected chi connectivity index (χ2v) is 11.8. The van der Waals surface area contributed by atoms with E-state index in [9.17, 15) is 14.9 Å². The molecule has 2 aliphatic rings. The number of nitriles is 1. The maximum atomic E-state index is 13.6.